The molecule has 0 fully saturated rings. The molecular weight excluding hydrogens is 418 g/mol. The Bertz CT molecular complexity index is 1400. The van der Waals surface area contributed by atoms with E-state index >= 15 is 0 Å². The van der Waals surface area contributed by atoms with Gasteiger partial charge in [0.1, 0.15) is 0 Å². The fourth-order valence-corrected chi connectivity index (χ4v) is 3.59. The van der Waals surface area contributed by atoms with Crippen molar-refractivity contribution >= 4 is 28.7 Å². The summed E-state index contributed by atoms with van der Waals surface area (Å²) in [6.07, 6.45) is 3.58. The van der Waals surface area contributed by atoms with E-state index < -0.39 is 4.92 Å². The molecule has 8 nitrogen and oxygen atoms in total. The Morgan fingerprint density at radius 3 is 2.58 bits per heavy atom. The lowest BCUT2D eigenvalue weighted by Gasteiger charge is -2.07. The molecule has 0 aliphatic rings. The van der Waals surface area contributed by atoms with Crippen molar-refractivity contribution in [2.45, 2.75) is 13.0 Å². The molecule has 162 valence electrons. The number of nitriles is 1. The van der Waals surface area contributed by atoms with E-state index in [0.717, 1.165) is 22.0 Å². The third-order valence-electron chi connectivity index (χ3n) is 5.20. The lowest BCUT2D eigenvalue weighted by Crippen LogP contribution is -2.19. The van der Waals surface area contributed by atoms with E-state index in [2.05, 4.69) is 16.6 Å². The fraction of sp³-hybridized carbons (Fsp3) is 0.0800. The van der Waals surface area contributed by atoms with Crippen molar-refractivity contribution in [1.29, 1.82) is 5.26 Å². The molecule has 0 atom stereocenters. The summed E-state index contributed by atoms with van der Waals surface area (Å²) in [5, 5.41) is 25.2. The zero-order chi connectivity index (χ0) is 23.2. The van der Waals surface area contributed by atoms with E-state index in [1.54, 1.807) is 24.4 Å². The molecule has 4 aromatic rings. The van der Waals surface area contributed by atoms with Gasteiger partial charge in [-0.1, -0.05) is 48.5 Å². The molecule has 3 aromatic carbocycles. The first-order valence-electron chi connectivity index (χ1n) is 10.2. The molecule has 1 heterocycles. The van der Waals surface area contributed by atoms with Crippen LogP contribution < -0.4 is 5.43 Å². The van der Waals surface area contributed by atoms with Crippen LogP contribution in [0.1, 0.15) is 22.3 Å². The zero-order valence-electron chi connectivity index (χ0n) is 17.5. The molecule has 8 heteroatoms. The van der Waals surface area contributed by atoms with Gasteiger partial charge >= 0.3 is 0 Å². The summed E-state index contributed by atoms with van der Waals surface area (Å²) in [5.41, 5.74) is 6.50. The number of nitrogens with zero attached hydrogens (tertiary/aromatic N) is 4. The second-order valence-electron chi connectivity index (χ2n) is 7.39. The molecule has 0 aliphatic carbocycles. The van der Waals surface area contributed by atoms with Gasteiger partial charge in [0.2, 0.25) is 5.91 Å². The number of aromatic nitrogens is 1. The Morgan fingerprint density at radius 1 is 1.09 bits per heavy atom. The standard InChI is InChI=1S/C25H19N5O3/c26-14-19-5-1-2-6-20(19)16-29-17-21(23-7-3-4-8-24(23)29)15-27-28-25(31)13-18-9-11-22(12-10-18)30(32)33/h1-12,15,17H,13,16H2,(H,28,31)/b27-15-. The number of carbonyl (C=O) groups excluding carboxylic acids is 1. The van der Waals surface area contributed by atoms with Crippen LogP contribution in [0.2, 0.25) is 0 Å². The van der Waals surface area contributed by atoms with Crippen LogP contribution in [-0.2, 0) is 17.8 Å². The lowest BCUT2D eigenvalue weighted by molar-refractivity contribution is -0.384. The number of benzene rings is 3. The molecule has 1 amide bonds. The largest absolute Gasteiger partial charge is 0.342 e. The predicted molar refractivity (Wildman–Crippen MR) is 125 cm³/mol. The van der Waals surface area contributed by atoms with E-state index in [1.807, 2.05) is 53.2 Å². The maximum absolute atomic E-state index is 12.2. The Morgan fingerprint density at radius 2 is 1.82 bits per heavy atom. The molecule has 0 saturated heterocycles. The van der Waals surface area contributed by atoms with Gasteiger partial charge < -0.3 is 4.57 Å². The zero-order valence-corrected chi connectivity index (χ0v) is 17.5. The highest BCUT2D eigenvalue weighted by molar-refractivity contribution is 5.99. The quantitative estimate of drug-likeness (QED) is 0.266. The van der Waals surface area contributed by atoms with E-state index in [9.17, 15) is 20.2 Å². The molecule has 0 unspecified atom stereocenters. The Balaban J connectivity index is 1.49. The number of hydrogen-bond donors (Lipinski definition) is 1. The van der Waals surface area contributed by atoms with Crippen LogP contribution in [0.4, 0.5) is 5.69 Å². The minimum absolute atomic E-state index is 0.0223. The highest BCUT2D eigenvalue weighted by Gasteiger charge is 2.10. The van der Waals surface area contributed by atoms with E-state index in [1.165, 1.54) is 12.1 Å². The molecule has 0 radical (unpaired) electrons. The number of nitrogens with one attached hydrogen (secondary N) is 1. The number of nitro groups is 1. The number of para-hydroxylation sites is 1. The van der Waals surface area contributed by atoms with Gasteiger partial charge in [0.25, 0.3) is 5.69 Å². The van der Waals surface area contributed by atoms with Crippen LogP contribution >= 0.6 is 0 Å². The Kier molecular flexibility index (Phi) is 6.23. The van der Waals surface area contributed by atoms with Gasteiger partial charge in [0.15, 0.2) is 0 Å². The van der Waals surface area contributed by atoms with Crippen LogP contribution in [0.15, 0.2) is 84.1 Å². The number of rotatable bonds is 7. The monoisotopic (exact) mass is 437 g/mol. The number of carbonyl (C=O) groups is 1. The maximum Gasteiger partial charge on any atom is 0.269 e. The van der Waals surface area contributed by atoms with Gasteiger partial charge in [0.05, 0.1) is 29.2 Å². The molecular formula is C25H19N5O3. The highest BCUT2D eigenvalue weighted by atomic mass is 16.6. The number of nitro benzene ring substituents is 1. The number of hydrazone groups is 1. The molecule has 1 N–H and O–H groups in total. The van der Waals surface area contributed by atoms with Gasteiger partial charge in [0, 0.05) is 41.3 Å². The van der Waals surface area contributed by atoms with Crippen molar-refractivity contribution in [2.24, 2.45) is 5.10 Å². The highest BCUT2D eigenvalue weighted by Crippen LogP contribution is 2.22. The van der Waals surface area contributed by atoms with Crippen LogP contribution in [0, 0.1) is 21.4 Å². The van der Waals surface area contributed by atoms with Crippen LogP contribution in [-0.4, -0.2) is 21.6 Å². The van der Waals surface area contributed by atoms with Crippen molar-refractivity contribution in [3.8, 4) is 6.07 Å². The summed E-state index contributed by atoms with van der Waals surface area (Å²) in [6.45, 7) is 0.532. The molecule has 4 rings (SSSR count). The average Bonchev–Trinajstić information content (AvgIpc) is 3.17. The van der Waals surface area contributed by atoms with Gasteiger partial charge in [-0.15, -0.1) is 0 Å². The Hall–Kier alpha value is -4.77. The smallest absolute Gasteiger partial charge is 0.269 e. The minimum atomic E-state index is -0.483. The minimum Gasteiger partial charge on any atom is -0.342 e. The normalized spacial score (nSPS) is 10.9. The predicted octanol–water partition coefficient (Wildman–Crippen LogP) is 4.16. The SMILES string of the molecule is N#Cc1ccccc1Cn1cc(/C=N\NC(=O)Cc2ccc([N+](=O)[O-])cc2)c2ccccc21. The third kappa shape index (κ3) is 4.94. The van der Waals surface area contributed by atoms with Gasteiger partial charge in [-0.05, 0) is 23.3 Å². The average molecular weight is 437 g/mol. The van der Waals surface area contributed by atoms with E-state index in [-0.39, 0.29) is 18.0 Å². The summed E-state index contributed by atoms with van der Waals surface area (Å²) >= 11 is 0. The van der Waals surface area contributed by atoms with Gasteiger partial charge in [-0.2, -0.15) is 10.4 Å². The number of non-ortho nitro benzene ring substituents is 1. The van der Waals surface area contributed by atoms with Crippen LogP contribution in [0.25, 0.3) is 10.9 Å². The summed E-state index contributed by atoms with van der Waals surface area (Å²) in [4.78, 5) is 22.5. The molecule has 1 aromatic heterocycles. The molecule has 33 heavy (non-hydrogen) atoms. The number of hydrogen-bond acceptors (Lipinski definition) is 5. The summed E-state index contributed by atoms with van der Waals surface area (Å²) in [7, 11) is 0. The van der Waals surface area contributed by atoms with Crippen molar-refractivity contribution < 1.29 is 9.72 Å². The summed E-state index contributed by atoms with van der Waals surface area (Å²) in [5.74, 6) is -0.327. The molecule has 0 spiro atoms. The van der Waals surface area contributed by atoms with E-state index in [0.29, 0.717) is 17.7 Å². The molecule has 0 bridgehead atoms. The maximum atomic E-state index is 12.2. The molecule has 0 aliphatic heterocycles. The first kappa shape index (κ1) is 21.5. The van der Waals surface area contributed by atoms with Gasteiger partial charge in [-0.25, -0.2) is 5.43 Å². The van der Waals surface area contributed by atoms with Crippen molar-refractivity contribution in [1.82, 2.24) is 9.99 Å². The lowest BCUT2D eigenvalue weighted by atomic mass is 10.1. The van der Waals surface area contributed by atoms with Gasteiger partial charge in [-0.3, -0.25) is 14.9 Å². The second-order valence-corrected chi connectivity index (χ2v) is 7.39. The summed E-state index contributed by atoms with van der Waals surface area (Å²) < 4.78 is 2.05. The van der Waals surface area contributed by atoms with Crippen LogP contribution in [0.5, 0.6) is 0 Å². The van der Waals surface area contributed by atoms with Crippen molar-refractivity contribution in [3.05, 3.63) is 111 Å². The first-order valence-corrected chi connectivity index (χ1v) is 10.2. The number of fused-ring (bicyclic) bond motifs is 1. The van der Waals surface area contributed by atoms with E-state index in [4.69, 9.17) is 0 Å². The van der Waals surface area contributed by atoms with Crippen LogP contribution in [0.3, 0.4) is 0 Å². The number of amides is 1. The van der Waals surface area contributed by atoms with Crippen molar-refractivity contribution in [3.63, 3.8) is 0 Å². The van der Waals surface area contributed by atoms with Crippen molar-refractivity contribution in [2.75, 3.05) is 0 Å². The fourth-order valence-electron chi connectivity index (χ4n) is 3.59. The summed E-state index contributed by atoms with van der Waals surface area (Å²) in [6, 6.07) is 23.4. The molecule has 0 saturated carbocycles. The second kappa shape index (κ2) is 9.58. The topological polar surface area (TPSA) is 113 Å². The third-order valence-corrected chi connectivity index (χ3v) is 5.20. The first-order chi connectivity index (χ1) is 16.0. The Labute approximate surface area is 189 Å².